The molecule has 0 bridgehead atoms. The highest BCUT2D eigenvalue weighted by Crippen LogP contribution is 2.32. The number of amides is 2. The minimum atomic E-state index is -0.554. The van der Waals surface area contributed by atoms with Crippen LogP contribution in [0.5, 0.6) is 5.75 Å². The first-order valence-corrected chi connectivity index (χ1v) is 10.5. The maximum absolute atomic E-state index is 13.0. The zero-order valence-corrected chi connectivity index (χ0v) is 17.9. The van der Waals surface area contributed by atoms with Gasteiger partial charge >= 0.3 is 0 Å². The Morgan fingerprint density at radius 3 is 2.47 bits per heavy atom. The first kappa shape index (κ1) is 21.8. The first-order valence-electron chi connectivity index (χ1n) is 9.62. The van der Waals surface area contributed by atoms with E-state index in [1.807, 2.05) is 26.0 Å². The van der Waals surface area contributed by atoms with Crippen molar-refractivity contribution in [1.29, 1.82) is 0 Å². The first-order chi connectivity index (χ1) is 14.4. The lowest BCUT2D eigenvalue weighted by molar-refractivity contribution is -0.128. The third kappa shape index (κ3) is 5.60. The van der Waals surface area contributed by atoms with Gasteiger partial charge in [-0.25, -0.2) is 9.38 Å². The van der Waals surface area contributed by atoms with Gasteiger partial charge in [-0.3, -0.25) is 14.5 Å². The van der Waals surface area contributed by atoms with Gasteiger partial charge < -0.3 is 10.1 Å². The minimum Gasteiger partial charge on any atom is -0.497 e. The molecule has 1 saturated heterocycles. The zero-order valence-electron chi connectivity index (χ0n) is 17.1. The van der Waals surface area contributed by atoms with Crippen molar-refractivity contribution in [3.63, 3.8) is 0 Å². The Balaban J connectivity index is 1.73. The summed E-state index contributed by atoms with van der Waals surface area (Å²) in [6.07, 6.45) is 0.0110. The summed E-state index contributed by atoms with van der Waals surface area (Å²) in [5.41, 5.74) is 1.19. The molecule has 1 aliphatic heterocycles. The van der Waals surface area contributed by atoms with Crippen molar-refractivity contribution in [3.8, 4) is 5.75 Å². The predicted molar refractivity (Wildman–Crippen MR) is 118 cm³/mol. The molecule has 2 aromatic carbocycles. The zero-order chi connectivity index (χ0) is 21.7. The van der Waals surface area contributed by atoms with Crippen LogP contribution in [0.3, 0.4) is 0 Å². The minimum absolute atomic E-state index is 0.0110. The van der Waals surface area contributed by atoms with Gasteiger partial charge in [0.2, 0.25) is 11.8 Å². The summed E-state index contributed by atoms with van der Waals surface area (Å²) in [4.78, 5) is 31.6. The van der Waals surface area contributed by atoms with E-state index >= 15 is 0 Å². The van der Waals surface area contributed by atoms with Crippen LogP contribution in [-0.2, 0) is 9.59 Å². The number of rotatable bonds is 7. The number of benzene rings is 2. The number of anilines is 1. The highest BCUT2D eigenvalue weighted by atomic mass is 32.2. The van der Waals surface area contributed by atoms with Crippen LogP contribution < -0.4 is 10.1 Å². The molecule has 158 valence electrons. The SMILES string of the molecule is COc1ccc(N=C2S[C@@H](CC(=O)Nc3ccc(F)cc3)C(=O)N2CC(C)C)cc1. The molecule has 30 heavy (non-hydrogen) atoms. The van der Waals surface area contributed by atoms with Crippen LogP contribution in [0, 0.1) is 11.7 Å². The lowest BCUT2D eigenvalue weighted by Crippen LogP contribution is -2.36. The van der Waals surface area contributed by atoms with Crippen LogP contribution in [0.4, 0.5) is 15.8 Å². The molecule has 0 spiro atoms. The predicted octanol–water partition coefficient (Wildman–Crippen LogP) is 4.45. The molecule has 1 fully saturated rings. The van der Waals surface area contributed by atoms with Crippen LogP contribution in [0.1, 0.15) is 20.3 Å². The molecule has 1 N–H and O–H groups in total. The Morgan fingerprint density at radius 1 is 1.20 bits per heavy atom. The number of amidine groups is 1. The quantitative estimate of drug-likeness (QED) is 0.706. The molecule has 0 aromatic heterocycles. The molecule has 6 nitrogen and oxygen atoms in total. The molecule has 1 aliphatic rings. The molecular weight excluding hydrogens is 405 g/mol. The fourth-order valence-corrected chi connectivity index (χ4v) is 4.11. The van der Waals surface area contributed by atoms with Crippen molar-refractivity contribution in [2.75, 3.05) is 19.0 Å². The van der Waals surface area contributed by atoms with Crippen molar-refractivity contribution < 1.29 is 18.7 Å². The van der Waals surface area contributed by atoms with Crippen LogP contribution >= 0.6 is 11.8 Å². The molecule has 0 radical (unpaired) electrons. The second-order valence-corrected chi connectivity index (χ2v) is 8.47. The third-order valence-corrected chi connectivity index (χ3v) is 5.54. The molecule has 0 saturated carbocycles. The number of methoxy groups -OCH3 is 1. The topological polar surface area (TPSA) is 71.0 Å². The fraction of sp³-hybridized carbons (Fsp3) is 0.318. The molecule has 2 amide bonds. The van der Waals surface area contributed by atoms with Crippen LogP contribution in [0.2, 0.25) is 0 Å². The van der Waals surface area contributed by atoms with Gasteiger partial charge in [-0.15, -0.1) is 0 Å². The number of ether oxygens (including phenoxy) is 1. The van der Waals surface area contributed by atoms with Crippen LogP contribution in [-0.4, -0.2) is 40.8 Å². The van der Waals surface area contributed by atoms with E-state index in [0.717, 1.165) is 5.75 Å². The average Bonchev–Trinajstić information content (AvgIpc) is 2.98. The summed E-state index contributed by atoms with van der Waals surface area (Å²) in [5.74, 6) is 0.169. The number of nitrogens with one attached hydrogen (secondary N) is 1. The molecule has 8 heteroatoms. The Morgan fingerprint density at radius 2 is 1.87 bits per heavy atom. The lowest BCUT2D eigenvalue weighted by Gasteiger charge is -2.18. The van der Waals surface area contributed by atoms with E-state index in [0.29, 0.717) is 23.1 Å². The number of halogens is 1. The highest BCUT2D eigenvalue weighted by Gasteiger charge is 2.39. The average molecular weight is 430 g/mol. The Kier molecular flexibility index (Phi) is 7.10. The van der Waals surface area contributed by atoms with Crippen molar-refractivity contribution in [2.45, 2.75) is 25.5 Å². The molecule has 1 atom stereocenters. The monoisotopic (exact) mass is 429 g/mol. The van der Waals surface area contributed by atoms with Gasteiger partial charge in [0.05, 0.1) is 12.8 Å². The van der Waals surface area contributed by atoms with E-state index in [1.54, 1.807) is 24.1 Å². The number of hydrogen-bond acceptors (Lipinski definition) is 5. The van der Waals surface area contributed by atoms with Gasteiger partial charge in [0.25, 0.3) is 0 Å². The van der Waals surface area contributed by atoms with E-state index < -0.39 is 5.25 Å². The van der Waals surface area contributed by atoms with Crippen molar-refractivity contribution in [3.05, 3.63) is 54.3 Å². The lowest BCUT2D eigenvalue weighted by atomic mass is 10.2. The van der Waals surface area contributed by atoms with E-state index in [2.05, 4.69) is 10.3 Å². The largest absolute Gasteiger partial charge is 0.497 e. The Bertz CT molecular complexity index is 930. The van der Waals surface area contributed by atoms with Crippen LogP contribution in [0.25, 0.3) is 0 Å². The second-order valence-electron chi connectivity index (χ2n) is 7.30. The van der Waals surface area contributed by atoms with Crippen molar-refractivity contribution >= 4 is 40.1 Å². The van der Waals surface area contributed by atoms with E-state index in [9.17, 15) is 14.0 Å². The number of carbonyl (C=O) groups is 2. The van der Waals surface area contributed by atoms with Gasteiger partial charge in [-0.1, -0.05) is 25.6 Å². The fourth-order valence-electron chi connectivity index (χ4n) is 2.94. The van der Waals surface area contributed by atoms with Crippen molar-refractivity contribution in [2.24, 2.45) is 10.9 Å². The summed E-state index contributed by atoms with van der Waals surface area (Å²) in [5, 5.41) is 2.73. The maximum atomic E-state index is 13.0. The Hall–Kier alpha value is -2.87. The van der Waals surface area contributed by atoms with Gasteiger partial charge in [0.1, 0.15) is 16.8 Å². The Labute approximate surface area is 179 Å². The van der Waals surface area contributed by atoms with Gasteiger partial charge in [-0.2, -0.15) is 0 Å². The maximum Gasteiger partial charge on any atom is 0.242 e. The molecular formula is C22H24FN3O3S. The molecule has 3 rings (SSSR count). The standard InChI is InChI=1S/C22H24FN3O3S/c1-14(2)13-26-21(28)19(12-20(27)24-16-6-4-15(23)5-7-16)30-22(26)25-17-8-10-18(29-3)11-9-17/h4-11,14,19H,12-13H2,1-3H3,(H,24,27)/t19-/m0/s1. The molecule has 1 heterocycles. The van der Waals surface area contributed by atoms with Gasteiger partial charge in [0.15, 0.2) is 5.17 Å². The van der Waals surface area contributed by atoms with Crippen molar-refractivity contribution in [1.82, 2.24) is 4.90 Å². The summed E-state index contributed by atoms with van der Waals surface area (Å²) < 4.78 is 18.2. The van der Waals surface area contributed by atoms with Crippen LogP contribution in [0.15, 0.2) is 53.5 Å². The molecule has 0 aliphatic carbocycles. The summed E-state index contributed by atoms with van der Waals surface area (Å²) in [6, 6.07) is 12.8. The van der Waals surface area contributed by atoms with Gasteiger partial charge in [0, 0.05) is 18.7 Å². The molecule has 0 unspecified atom stereocenters. The van der Waals surface area contributed by atoms with Gasteiger partial charge in [-0.05, 0) is 54.4 Å². The molecule has 2 aromatic rings. The summed E-state index contributed by atoms with van der Waals surface area (Å²) >= 11 is 1.29. The smallest absolute Gasteiger partial charge is 0.242 e. The number of hydrogen-bond donors (Lipinski definition) is 1. The van der Waals surface area contributed by atoms with E-state index in [1.165, 1.54) is 36.0 Å². The second kappa shape index (κ2) is 9.75. The third-order valence-electron chi connectivity index (χ3n) is 4.36. The number of carbonyl (C=O) groups excluding carboxylic acids is 2. The summed E-state index contributed by atoms with van der Waals surface area (Å²) in [6.45, 7) is 4.58. The normalized spacial score (nSPS) is 17.6. The summed E-state index contributed by atoms with van der Waals surface area (Å²) in [7, 11) is 1.60. The number of thioether (sulfide) groups is 1. The van der Waals surface area contributed by atoms with E-state index in [4.69, 9.17) is 4.74 Å². The highest BCUT2D eigenvalue weighted by molar-refractivity contribution is 8.15. The number of nitrogens with zero attached hydrogens (tertiary/aromatic N) is 2. The van der Waals surface area contributed by atoms with E-state index in [-0.39, 0.29) is 30.0 Å². The number of aliphatic imine (C=N–C) groups is 1.